The Morgan fingerprint density at radius 2 is 1.74 bits per heavy atom. The Labute approximate surface area is 191 Å². The molecule has 9 atom stereocenters. The molecule has 5 aliphatic carbocycles. The maximum atomic E-state index is 11.7. The summed E-state index contributed by atoms with van der Waals surface area (Å²) in [6, 6.07) is 0. The van der Waals surface area contributed by atoms with Crippen molar-refractivity contribution >= 4 is 0 Å². The van der Waals surface area contributed by atoms with Crippen LogP contribution in [-0.4, -0.2) is 22.4 Å². The van der Waals surface area contributed by atoms with Gasteiger partial charge in [-0.25, -0.2) is 0 Å². The van der Waals surface area contributed by atoms with Crippen LogP contribution in [0, 0.1) is 51.8 Å². The van der Waals surface area contributed by atoms with Gasteiger partial charge in [-0.3, -0.25) is 0 Å². The van der Waals surface area contributed by atoms with E-state index in [-0.39, 0.29) is 23.0 Å². The highest BCUT2D eigenvalue weighted by Gasteiger charge is 2.67. The number of rotatable bonds is 5. The zero-order chi connectivity index (χ0) is 22.2. The molecule has 5 rings (SSSR count). The minimum atomic E-state index is -0.172. The van der Waals surface area contributed by atoms with Crippen molar-refractivity contribution in [1.29, 1.82) is 0 Å². The second-order valence-electron chi connectivity index (χ2n) is 13.5. The Balaban J connectivity index is 1.39. The van der Waals surface area contributed by atoms with E-state index < -0.39 is 0 Å². The Bertz CT molecular complexity index is 720. The van der Waals surface area contributed by atoms with E-state index in [4.69, 9.17) is 0 Å². The number of aliphatic hydroxyl groups excluding tert-OH is 2. The van der Waals surface area contributed by atoms with Crippen LogP contribution in [0.25, 0.3) is 0 Å². The van der Waals surface area contributed by atoms with Gasteiger partial charge in [0.25, 0.3) is 0 Å². The van der Waals surface area contributed by atoms with Crippen LogP contribution in [-0.2, 0) is 0 Å². The Kier molecular flexibility index (Phi) is 5.50. The maximum Gasteiger partial charge on any atom is 0.0634 e. The van der Waals surface area contributed by atoms with Crippen molar-refractivity contribution in [3.05, 3.63) is 11.6 Å². The molecular weight excluding hydrogens is 380 g/mol. The number of aliphatic hydroxyl groups is 2. The average Bonchev–Trinajstić information content (AvgIpc) is 3.40. The first-order chi connectivity index (χ1) is 14.6. The van der Waals surface area contributed by atoms with Gasteiger partial charge in [-0.15, -0.1) is 0 Å². The predicted octanol–water partition coefficient (Wildman–Crippen LogP) is 6.75. The molecule has 0 aliphatic heterocycles. The summed E-state index contributed by atoms with van der Waals surface area (Å²) >= 11 is 0. The molecule has 0 aromatic heterocycles. The fourth-order valence-corrected chi connectivity index (χ4v) is 9.97. The second kappa shape index (κ2) is 7.59. The van der Waals surface area contributed by atoms with Crippen molar-refractivity contribution in [2.75, 3.05) is 0 Å². The van der Waals surface area contributed by atoms with Crippen LogP contribution < -0.4 is 0 Å². The molecule has 4 fully saturated rings. The van der Waals surface area contributed by atoms with Crippen LogP contribution in [0.15, 0.2) is 11.6 Å². The maximum absolute atomic E-state index is 11.7. The molecule has 0 amide bonds. The third kappa shape index (κ3) is 3.24. The van der Waals surface area contributed by atoms with E-state index in [1.54, 1.807) is 5.57 Å². The molecule has 0 bridgehead atoms. The average molecular weight is 429 g/mol. The molecule has 1 spiro atoms. The Morgan fingerprint density at radius 1 is 1.00 bits per heavy atom. The zero-order valence-electron chi connectivity index (χ0n) is 20.9. The van der Waals surface area contributed by atoms with Crippen LogP contribution >= 0.6 is 0 Å². The van der Waals surface area contributed by atoms with E-state index in [0.29, 0.717) is 17.3 Å². The van der Waals surface area contributed by atoms with E-state index in [0.717, 1.165) is 49.4 Å². The lowest BCUT2D eigenvalue weighted by Gasteiger charge is -2.61. The SMILES string of the molecule is CC(C)CCC[C@@H](C)[C@H]1CC[C@H]2[C@@H]3CC=C4C5(CC5)[C@H](O)CC[C@]4(C)[C@H]3[C@@H](O)C[C@]12C. The molecule has 5 aliphatic rings. The largest absolute Gasteiger partial charge is 0.393 e. The number of allylic oxidation sites excluding steroid dienone is 1. The highest BCUT2D eigenvalue weighted by molar-refractivity contribution is 5.37. The van der Waals surface area contributed by atoms with Gasteiger partial charge in [0.2, 0.25) is 0 Å². The summed E-state index contributed by atoms with van der Waals surface area (Å²) in [5.41, 5.74) is 2.06. The predicted molar refractivity (Wildman–Crippen MR) is 127 cm³/mol. The Morgan fingerprint density at radius 3 is 2.42 bits per heavy atom. The Hall–Kier alpha value is -0.340. The minimum Gasteiger partial charge on any atom is -0.393 e. The molecule has 0 aromatic rings. The fraction of sp³-hybridized carbons (Fsp3) is 0.931. The van der Waals surface area contributed by atoms with E-state index in [9.17, 15) is 10.2 Å². The van der Waals surface area contributed by atoms with Gasteiger partial charge < -0.3 is 10.2 Å². The minimum absolute atomic E-state index is 0.0849. The molecule has 0 unspecified atom stereocenters. The molecule has 0 aromatic carbocycles. The topological polar surface area (TPSA) is 40.5 Å². The molecule has 2 heteroatoms. The highest BCUT2D eigenvalue weighted by atomic mass is 16.3. The summed E-state index contributed by atoms with van der Waals surface area (Å²) in [6.45, 7) is 12.2. The van der Waals surface area contributed by atoms with Crippen LogP contribution in [0.5, 0.6) is 0 Å². The monoisotopic (exact) mass is 428 g/mol. The van der Waals surface area contributed by atoms with E-state index >= 15 is 0 Å². The molecule has 2 nitrogen and oxygen atoms in total. The lowest BCUT2D eigenvalue weighted by molar-refractivity contribution is -0.135. The van der Waals surface area contributed by atoms with Gasteiger partial charge in [0.05, 0.1) is 12.2 Å². The summed E-state index contributed by atoms with van der Waals surface area (Å²) in [4.78, 5) is 0. The number of hydrogen-bond acceptors (Lipinski definition) is 2. The van der Waals surface area contributed by atoms with Gasteiger partial charge in [0.15, 0.2) is 0 Å². The summed E-state index contributed by atoms with van der Waals surface area (Å²) in [5, 5.41) is 22.5. The van der Waals surface area contributed by atoms with E-state index in [1.165, 1.54) is 44.9 Å². The number of hydrogen-bond donors (Lipinski definition) is 2. The van der Waals surface area contributed by atoms with Gasteiger partial charge in [-0.1, -0.05) is 65.5 Å². The summed E-state index contributed by atoms with van der Waals surface area (Å²) in [6.07, 6.45) is 15.6. The van der Waals surface area contributed by atoms with Gasteiger partial charge in [0, 0.05) is 5.41 Å². The molecule has 4 saturated carbocycles. The molecular formula is C29H48O2. The lowest BCUT2D eigenvalue weighted by Crippen LogP contribution is -2.58. The van der Waals surface area contributed by atoms with Gasteiger partial charge >= 0.3 is 0 Å². The molecule has 176 valence electrons. The quantitative estimate of drug-likeness (QED) is 0.475. The summed E-state index contributed by atoms with van der Waals surface area (Å²) in [5.74, 6) is 4.19. The standard InChI is InChI=1S/C29H48O2/c1-18(2)7-6-8-19(3)21-10-11-22-20-9-12-24-27(4,14-13-25(31)29(24)15-16-29)26(20)23(30)17-28(21,22)5/h12,18-23,25-26,30-31H,6-11,13-17H2,1-5H3/t19-,20+,21-,22+,23+,25-,26-,27+,28-/m1/s1. The van der Waals surface area contributed by atoms with Crippen LogP contribution in [0.3, 0.4) is 0 Å². The molecule has 0 saturated heterocycles. The first kappa shape index (κ1) is 22.5. The fourth-order valence-electron chi connectivity index (χ4n) is 9.97. The van der Waals surface area contributed by atoms with Crippen molar-refractivity contribution in [2.24, 2.45) is 51.8 Å². The highest BCUT2D eigenvalue weighted by Crippen LogP contribution is 2.72. The lowest BCUT2D eigenvalue weighted by atomic mass is 9.44. The van der Waals surface area contributed by atoms with Crippen molar-refractivity contribution in [3.63, 3.8) is 0 Å². The molecule has 0 heterocycles. The van der Waals surface area contributed by atoms with Gasteiger partial charge in [-0.05, 0) is 97.7 Å². The summed E-state index contributed by atoms with van der Waals surface area (Å²) in [7, 11) is 0. The third-order valence-electron chi connectivity index (χ3n) is 11.5. The van der Waals surface area contributed by atoms with Crippen molar-refractivity contribution in [3.8, 4) is 0 Å². The van der Waals surface area contributed by atoms with Crippen LogP contribution in [0.1, 0.15) is 105 Å². The molecule has 31 heavy (non-hydrogen) atoms. The van der Waals surface area contributed by atoms with Crippen molar-refractivity contribution < 1.29 is 10.2 Å². The van der Waals surface area contributed by atoms with E-state index in [1.807, 2.05) is 0 Å². The first-order valence-electron chi connectivity index (χ1n) is 13.7. The third-order valence-corrected chi connectivity index (χ3v) is 11.5. The second-order valence-corrected chi connectivity index (χ2v) is 13.5. The molecule has 0 radical (unpaired) electrons. The normalized spacial score (nSPS) is 48.7. The zero-order valence-corrected chi connectivity index (χ0v) is 20.9. The first-order valence-corrected chi connectivity index (χ1v) is 13.7. The van der Waals surface area contributed by atoms with E-state index in [2.05, 4.69) is 40.7 Å². The van der Waals surface area contributed by atoms with Crippen LogP contribution in [0.2, 0.25) is 0 Å². The van der Waals surface area contributed by atoms with Crippen molar-refractivity contribution in [2.45, 2.75) is 117 Å². The van der Waals surface area contributed by atoms with Crippen molar-refractivity contribution in [1.82, 2.24) is 0 Å². The smallest absolute Gasteiger partial charge is 0.0634 e. The van der Waals surface area contributed by atoms with Gasteiger partial charge in [0.1, 0.15) is 0 Å². The number of fused-ring (bicyclic) bond motifs is 6. The molecule has 2 N–H and O–H groups in total. The van der Waals surface area contributed by atoms with Gasteiger partial charge in [-0.2, -0.15) is 0 Å². The summed E-state index contributed by atoms with van der Waals surface area (Å²) < 4.78 is 0. The van der Waals surface area contributed by atoms with Crippen LogP contribution in [0.4, 0.5) is 0 Å².